The van der Waals surface area contributed by atoms with Gasteiger partial charge in [0.2, 0.25) is 5.91 Å². The first-order valence-electron chi connectivity index (χ1n) is 7.92. The van der Waals surface area contributed by atoms with Gasteiger partial charge in [-0.25, -0.2) is 0 Å². The number of methoxy groups -OCH3 is 1. The van der Waals surface area contributed by atoms with Gasteiger partial charge in [-0.1, -0.05) is 0 Å². The summed E-state index contributed by atoms with van der Waals surface area (Å²) < 4.78 is 8.60. The van der Waals surface area contributed by atoms with Crippen LogP contribution in [-0.2, 0) is 11.3 Å². The van der Waals surface area contributed by atoms with Gasteiger partial charge in [-0.05, 0) is 83.3 Å². The highest BCUT2D eigenvalue weighted by Gasteiger charge is 2.11. The second-order valence-corrected chi connectivity index (χ2v) is 7.17. The summed E-state index contributed by atoms with van der Waals surface area (Å²) in [5, 5.41) is 9.97. The maximum atomic E-state index is 12.2. The van der Waals surface area contributed by atoms with Crippen molar-refractivity contribution in [3.05, 3.63) is 56.9 Å². The summed E-state index contributed by atoms with van der Waals surface area (Å²) in [5.41, 5.74) is 1.68. The zero-order chi connectivity index (χ0) is 18.5. The van der Waals surface area contributed by atoms with Crippen LogP contribution < -0.4 is 10.1 Å². The van der Waals surface area contributed by atoms with Crippen molar-refractivity contribution >= 4 is 46.4 Å². The number of aromatic nitrogens is 3. The minimum atomic E-state index is -0.0741. The number of carbonyl (C=O) groups excluding carboxylic acids is 1. The number of aromatic amines is 1. The van der Waals surface area contributed by atoms with Crippen LogP contribution in [0.3, 0.4) is 0 Å². The van der Waals surface area contributed by atoms with E-state index in [9.17, 15) is 4.79 Å². The molecular weight excluding hydrogens is 463 g/mol. The van der Waals surface area contributed by atoms with Crippen molar-refractivity contribution in [2.75, 3.05) is 12.4 Å². The maximum Gasteiger partial charge on any atom is 0.226 e. The summed E-state index contributed by atoms with van der Waals surface area (Å²) >= 11 is 7.53. The van der Waals surface area contributed by atoms with Crippen LogP contribution in [0.4, 0.5) is 5.69 Å². The highest BCUT2D eigenvalue weighted by Crippen LogP contribution is 2.21. The van der Waals surface area contributed by atoms with E-state index in [1.54, 1.807) is 7.11 Å². The van der Waals surface area contributed by atoms with E-state index in [4.69, 9.17) is 17.0 Å². The Morgan fingerprint density at radius 1 is 1.23 bits per heavy atom. The van der Waals surface area contributed by atoms with Crippen LogP contribution >= 0.6 is 34.8 Å². The zero-order valence-corrected chi connectivity index (χ0v) is 17.0. The fourth-order valence-corrected chi connectivity index (χ4v) is 3.04. The minimum Gasteiger partial charge on any atom is -0.497 e. The third kappa shape index (κ3) is 4.50. The Balaban J connectivity index is 1.69. The number of rotatable bonds is 6. The lowest BCUT2D eigenvalue weighted by Gasteiger charge is -2.09. The number of halogens is 1. The van der Waals surface area contributed by atoms with Crippen LogP contribution in [0, 0.1) is 8.34 Å². The van der Waals surface area contributed by atoms with Crippen LogP contribution in [-0.4, -0.2) is 27.8 Å². The number of benzene rings is 2. The van der Waals surface area contributed by atoms with Crippen molar-refractivity contribution < 1.29 is 9.53 Å². The average Bonchev–Trinajstić information content (AvgIpc) is 3.02. The summed E-state index contributed by atoms with van der Waals surface area (Å²) in [6.45, 7) is 0.437. The minimum absolute atomic E-state index is 0.0741. The number of anilines is 1. The molecule has 0 spiro atoms. The molecule has 0 aliphatic carbocycles. The molecule has 134 valence electrons. The number of hydrogen-bond acceptors (Lipinski definition) is 4. The highest BCUT2D eigenvalue weighted by atomic mass is 127. The van der Waals surface area contributed by atoms with E-state index in [-0.39, 0.29) is 5.91 Å². The van der Waals surface area contributed by atoms with E-state index >= 15 is 0 Å². The van der Waals surface area contributed by atoms with E-state index in [0.717, 1.165) is 20.6 Å². The Morgan fingerprint density at radius 2 is 1.92 bits per heavy atom. The maximum absolute atomic E-state index is 12.2. The van der Waals surface area contributed by atoms with E-state index in [1.807, 2.05) is 53.1 Å². The Labute approximate surface area is 169 Å². The third-order valence-corrected chi connectivity index (χ3v) is 4.83. The molecule has 0 radical (unpaired) electrons. The van der Waals surface area contributed by atoms with Gasteiger partial charge < -0.3 is 10.1 Å². The number of nitrogens with zero attached hydrogens (tertiary/aromatic N) is 2. The number of ether oxygens (including phenoxy) is 1. The summed E-state index contributed by atoms with van der Waals surface area (Å²) in [6, 6.07) is 15.2. The molecule has 0 bridgehead atoms. The fourth-order valence-electron chi connectivity index (χ4n) is 2.46. The molecule has 3 rings (SSSR count). The first kappa shape index (κ1) is 18.6. The fraction of sp³-hybridized carbons (Fsp3) is 0.167. The lowest BCUT2D eigenvalue weighted by molar-refractivity contribution is -0.116. The molecule has 0 unspecified atom stereocenters. The molecule has 0 atom stereocenters. The largest absolute Gasteiger partial charge is 0.497 e. The van der Waals surface area contributed by atoms with Gasteiger partial charge in [-0.3, -0.25) is 14.5 Å². The predicted octanol–water partition coefficient (Wildman–Crippen LogP) is 4.25. The molecule has 0 aliphatic rings. The highest BCUT2D eigenvalue weighted by molar-refractivity contribution is 14.1. The summed E-state index contributed by atoms with van der Waals surface area (Å²) in [5.74, 6) is 1.39. The average molecular weight is 480 g/mol. The van der Waals surface area contributed by atoms with Crippen LogP contribution in [0.2, 0.25) is 0 Å². The second kappa shape index (κ2) is 8.45. The lowest BCUT2D eigenvalue weighted by atomic mass is 10.2. The van der Waals surface area contributed by atoms with Crippen LogP contribution in [0.1, 0.15) is 6.42 Å². The number of hydrogen-bond donors (Lipinski definition) is 2. The molecule has 1 aromatic heterocycles. The number of carbonyl (C=O) groups is 1. The van der Waals surface area contributed by atoms with Gasteiger partial charge in [-0.2, -0.15) is 5.10 Å². The second-order valence-electron chi connectivity index (χ2n) is 5.54. The van der Waals surface area contributed by atoms with Crippen LogP contribution in [0.5, 0.6) is 5.75 Å². The number of amides is 1. The van der Waals surface area contributed by atoms with Crippen molar-refractivity contribution in [3.63, 3.8) is 0 Å². The topological polar surface area (TPSA) is 71.9 Å². The van der Waals surface area contributed by atoms with Gasteiger partial charge in [0.05, 0.1) is 7.11 Å². The standard InChI is InChI=1S/C18H17IN4O2S/c1-25-15-8-2-12(3-9-15)17-21-22-18(26)23(17)11-10-16(24)20-14-6-4-13(19)5-7-14/h2-9H,10-11H2,1H3,(H,20,24)(H,22,26). The molecular formula is C18H17IN4O2S. The summed E-state index contributed by atoms with van der Waals surface area (Å²) in [7, 11) is 1.62. The molecule has 0 fully saturated rings. The van der Waals surface area contributed by atoms with E-state index in [2.05, 4.69) is 38.1 Å². The first-order chi connectivity index (χ1) is 12.6. The molecule has 8 heteroatoms. The predicted molar refractivity (Wildman–Crippen MR) is 112 cm³/mol. The SMILES string of the molecule is COc1ccc(-c2n[nH]c(=S)n2CCC(=O)Nc2ccc(I)cc2)cc1. The van der Waals surface area contributed by atoms with Gasteiger partial charge in [0.15, 0.2) is 10.6 Å². The van der Waals surface area contributed by atoms with Gasteiger partial charge in [-0.15, -0.1) is 0 Å². The Bertz CT molecular complexity index is 949. The van der Waals surface area contributed by atoms with Crippen molar-refractivity contribution in [3.8, 4) is 17.1 Å². The van der Waals surface area contributed by atoms with Gasteiger partial charge in [0.1, 0.15) is 5.75 Å². The number of H-pyrrole nitrogens is 1. The smallest absolute Gasteiger partial charge is 0.226 e. The normalized spacial score (nSPS) is 10.5. The van der Waals surface area contributed by atoms with Crippen molar-refractivity contribution in [2.45, 2.75) is 13.0 Å². The van der Waals surface area contributed by atoms with Crippen molar-refractivity contribution in [1.82, 2.24) is 14.8 Å². The van der Waals surface area contributed by atoms with Crippen LogP contribution in [0.25, 0.3) is 11.4 Å². The monoisotopic (exact) mass is 480 g/mol. The summed E-state index contributed by atoms with van der Waals surface area (Å²) in [6.07, 6.45) is 0.295. The Kier molecular flexibility index (Phi) is 6.04. The Morgan fingerprint density at radius 3 is 2.58 bits per heavy atom. The van der Waals surface area contributed by atoms with Crippen molar-refractivity contribution in [2.24, 2.45) is 0 Å². The van der Waals surface area contributed by atoms with Gasteiger partial charge >= 0.3 is 0 Å². The number of nitrogens with one attached hydrogen (secondary N) is 2. The molecule has 26 heavy (non-hydrogen) atoms. The first-order valence-corrected chi connectivity index (χ1v) is 9.40. The van der Waals surface area contributed by atoms with Gasteiger partial charge in [0.25, 0.3) is 0 Å². The molecule has 1 amide bonds. The molecule has 2 aromatic carbocycles. The third-order valence-electron chi connectivity index (χ3n) is 3.80. The summed E-state index contributed by atoms with van der Waals surface area (Å²) in [4.78, 5) is 12.2. The molecule has 0 saturated heterocycles. The van der Waals surface area contributed by atoms with Crippen molar-refractivity contribution in [1.29, 1.82) is 0 Å². The van der Waals surface area contributed by atoms with Gasteiger partial charge in [0, 0.05) is 27.8 Å². The molecule has 0 aliphatic heterocycles. The lowest BCUT2D eigenvalue weighted by Crippen LogP contribution is -2.15. The van der Waals surface area contributed by atoms with E-state index in [1.165, 1.54) is 0 Å². The molecule has 2 N–H and O–H groups in total. The molecule has 6 nitrogen and oxygen atoms in total. The molecule has 1 heterocycles. The molecule has 3 aromatic rings. The Hall–Kier alpha value is -2.20. The molecule has 0 saturated carbocycles. The quantitative estimate of drug-likeness (QED) is 0.409. The zero-order valence-electron chi connectivity index (χ0n) is 14.0. The van der Waals surface area contributed by atoms with E-state index < -0.39 is 0 Å². The van der Waals surface area contributed by atoms with Crippen LogP contribution in [0.15, 0.2) is 48.5 Å². The van der Waals surface area contributed by atoms with E-state index in [0.29, 0.717) is 23.6 Å².